The van der Waals surface area contributed by atoms with Crippen LogP contribution in [0.5, 0.6) is 0 Å². The van der Waals surface area contributed by atoms with E-state index >= 15 is 0 Å². The Balaban J connectivity index is 3.27. The Hall–Kier alpha value is -0.290. The van der Waals surface area contributed by atoms with Gasteiger partial charge in [-0.2, -0.15) is 5.26 Å². The van der Waals surface area contributed by atoms with Gasteiger partial charge in [0.05, 0.1) is 17.0 Å². The van der Waals surface area contributed by atoms with Gasteiger partial charge in [-0.25, -0.2) is 8.78 Å². The van der Waals surface area contributed by atoms with Crippen molar-refractivity contribution < 1.29 is 8.78 Å². The van der Waals surface area contributed by atoms with Crippen LogP contribution in [0.4, 0.5) is 8.78 Å². The van der Waals surface area contributed by atoms with Gasteiger partial charge in [0.15, 0.2) is 0 Å². The van der Waals surface area contributed by atoms with Gasteiger partial charge in [-0.05, 0) is 44.1 Å². The van der Waals surface area contributed by atoms with E-state index in [9.17, 15) is 8.78 Å². The SMILES string of the molecule is N#CCc1c(I)cnc(C(F)F)c1Br. The third-order valence-corrected chi connectivity index (χ3v) is 3.37. The minimum Gasteiger partial charge on any atom is -0.253 e. The Bertz CT molecular complexity index is 390. The van der Waals surface area contributed by atoms with E-state index in [1.54, 1.807) is 0 Å². The van der Waals surface area contributed by atoms with Crippen molar-refractivity contribution in [2.45, 2.75) is 12.8 Å². The molecule has 1 aromatic heterocycles. The van der Waals surface area contributed by atoms with Gasteiger partial charge in [0.25, 0.3) is 6.43 Å². The molecule has 0 N–H and O–H groups in total. The van der Waals surface area contributed by atoms with Gasteiger partial charge in [0, 0.05) is 9.77 Å². The van der Waals surface area contributed by atoms with E-state index < -0.39 is 6.43 Å². The van der Waals surface area contributed by atoms with Crippen molar-refractivity contribution in [3.63, 3.8) is 0 Å². The van der Waals surface area contributed by atoms with Crippen molar-refractivity contribution in [1.29, 1.82) is 5.26 Å². The first kappa shape index (κ1) is 11.8. The number of pyridine rings is 1. The van der Waals surface area contributed by atoms with Crippen LogP contribution < -0.4 is 0 Å². The fourth-order valence-corrected chi connectivity index (χ4v) is 2.51. The quantitative estimate of drug-likeness (QED) is 0.745. The molecule has 1 heterocycles. The fraction of sp³-hybridized carbons (Fsp3) is 0.250. The third-order valence-electron chi connectivity index (χ3n) is 1.56. The number of aromatic nitrogens is 1. The predicted octanol–water partition coefficient (Wildman–Crippen LogP) is 3.45. The molecule has 74 valence electrons. The molecule has 0 aliphatic heterocycles. The first-order valence-corrected chi connectivity index (χ1v) is 5.43. The maximum atomic E-state index is 12.4. The molecule has 0 saturated heterocycles. The summed E-state index contributed by atoms with van der Waals surface area (Å²) in [6.45, 7) is 0. The van der Waals surface area contributed by atoms with E-state index in [0.717, 1.165) is 0 Å². The minimum absolute atomic E-state index is 0.0983. The second-order valence-electron chi connectivity index (χ2n) is 2.42. The number of nitrogens with zero attached hydrogens (tertiary/aromatic N) is 2. The number of nitriles is 1. The molecule has 2 nitrogen and oxygen atoms in total. The molecule has 1 aromatic rings. The summed E-state index contributed by atoms with van der Waals surface area (Å²) < 4.78 is 25.7. The summed E-state index contributed by atoms with van der Waals surface area (Å²) in [5.41, 5.74) is 0.258. The summed E-state index contributed by atoms with van der Waals surface area (Å²) in [5, 5.41) is 8.52. The van der Waals surface area contributed by atoms with Crippen LogP contribution in [-0.4, -0.2) is 4.98 Å². The topological polar surface area (TPSA) is 36.7 Å². The summed E-state index contributed by atoms with van der Waals surface area (Å²) in [6, 6.07) is 1.92. The number of halogens is 4. The molecule has 0 atom stereocenters. The van der Waals surface area contributed by atoms with Crippen LogP contribution in [-0.2, 0) is 6.42 Å². The van der Waals surface area contributed by atoms with Gasteiger partial charge in [0.2, 0.25) is 0 Å². The number of hydrogen-bond donors (Lipinski definition) is 0. The van der Waals surface area contributed by atoms with Crippen LogP contribution in [0.15, 0.2) is 10.7 Å². The summed E-state index contributed by atoms with van der Waals surface area (Å²) in [5.74, 6) is 0. The van der Waals surface area contributed by atoms with Gasteiger partial charge in [-0.3, -0.25) is 4.98 Å². The van der Waals surface area contributed by atoms with Crippen LogP contribution in [0, 0.1) is 14.9 Å². The lowest BCUT2D eigenvalue weighted by molar-refractivity contribution is 0.145. The molecule has 0 unspecified atom stereocenters. The average molecular weight is 373 g/mol. The van der Waals surface area contributed by atoms with Crippen molar-refractivity contribution in [2.75, 3.05) is 0 Å². The molecular formula is C8H4BrF2IN2. The lowest BCUT2D eigenvalue weighted by Gasteiger charge is -2.07. The molecule has 14 heavy (non-hydrogen) atoms. The Morgan fingerprint density at radius 1 is 1.64 bits per heavy atom. The zero-order valence-electron chi connectivity index (χ0n) is 6.77. The van der Waals surface area contributed by atoms with E-state index in [0.29, 0.717) is 9.13 Å². The molecule has 0 spiro atoms. The zero-order chi connectivity index (χ0) is 10.7. The Morgan fingerprint density at radius 2 is 2.29 bits per heavy atom. The second-order valence-corrected chi connectivity index (χ2v) is 4.37. The summed E-state index contributed by atoms with van der Waals surface area (Å²) in [6.07, 6.45) is -1.18. The smallest absolute Gasteiger partial charge is 0.253 e. The molecule has 0 aromatic carbocycles. The molecule has 1 rings (SSSR count). The number of hydrogen-bond acceptors (Lipinski definition) is 2. The fourth-order valence-electron chi connectivity index (χ4n) is 0.913. The highest BCUT2D eigenvalue weighted by Crippen LogP contribution is 2.30. The molecule has 6 heteroatoms. The zero-order valence-corrected chi connectivity index (χ0v) is 10.5. The highest BCUT2D eigenvalue weighted by atomic mass is 127. The molecule has 0 aliphatic carbocycles. The maximum Gasteiger partial charge on any atom is 0.281 e. The Kier molecular flexibility index (Phi) is 4.19. The number of alkyl halides is 2. The van der Waals surface area contributed by atoms with Crippen molar-refractivity contribution >= 4 is 38.5 Å². The highest BCUT2D eigenvalue weighted by molar-refractivity contribution is 14.1. The van der Waals surface area contributed by atoms with E-state index in [2.05, 4.69) is 20.9 Å². The van der Waals surface area contributed by atoms with E-state index in [1.807, 2.05) is 28.7 Å². The first-order chi connectivity index (χ1) is 6.57. The van der Waals surface area contributed by atoms with Crippen molar-refractivity contribution in [2.24, 2.45) is 0 Å². The van der Waals surface area contributed by atoms with Gasteiger partial charge in [0.1, 0.15) is 5.69 Å². The van der Waals surface area contributed by atoms with Crippen LogP contribution in [0.3, 0.4) is 0 Å². The summed E-state index contributed by atoms with van der Waals surface area (Å²) in [4.78, 5) is 3.61. The summed E-state index contributed by atoms with van der Waals surface area (Å²) >= 11 is 5.00. The van der Waals surface area contributed by atoms with Crippen molar-refractivity contribution in [3.05, 3.63) is 25.5 Å². The highest BCUT2D eigenvalue weighted by Gasteiger charge is 2.17. The van der Waals surface area contributed by atoms with Gasteiger partial charge in [-0.15, -0.1) is 0 Å². The molecule has 0 bridgehead atoms. The van der Waals surface area contributed by atoms with Crippen LogP contribution in [0.2, 0.25) is 0 Å². The van der Waals surface area contributed by atoms with Crippen LogP contribution in [0.1, 0.15) is 17.7 Å². The van der Waals surface area contributed by atoms with E-state index in [-0.39, 0.29) is 16.6 Å². The molecule has 0 radical (unpaired) electrons. The van der Waals surface area contributed by atoms with Gasteiger partial charge < -0.3 is 0 Å². The number of rotatable bonds is 2. The van der Waals surface area contributed by atoms with Crippen LogP contribution in [0.25, 0.3) is 0 Å². The molecule has 0 fully saturated rings. The second kappa shape index (κ2) is 4.98. The largest absolute Gasteiger partial charge is 0.281 e. The molecule has 0 saturated carbocycles. The van der Waals surface area contributed by atoms with Crippen molar-refractivity contribution in [3.8, 4) is 6.07 Å². The van der Waals surface area contributed by atoms with E-state index in [4.69, 9.17) is 5.26 Å². The van der Waals surface area contributed by atoms with Gasteiger partial charge >= 0.3 is 0 Å². The Morgan fingerprint density at radius 3 is 2.79 bits per heavy atom. The normalized spacial score (nSPS) is 10.3. The minimum atomic E-state index is -2.63. The molecule has 0 aliphatic rings. The lowest BCUT2D eigenvalue weighted by Crippen LogP contribution is -1.99. The monoisotopic (exact) mass is 372 g/mol. The predicted molar refractivity (Wildman–Crippen MR) is 58.9 cm³/mol. The summed E-state index contributed by atoms with van der Waals surface area (Å²) in [7, 11) is 0. The van der Waals surface area contributed by atoms with Crippen LogP contribution >= 0.6 is 38.5 Å². The maximum absolute atomic E-state index is 12.4. The van der Waals surface area contributed by atoms with Crippen molar-refractivity contribution in [1.82, 2.24) is 4.98 Å². The average Bonchev–Trinajstić information content (AvgIpc) is 2.11. The standard InChI is InChI=1S/C8H4BrF2IN2/c9-6-4(1-2-13)5(12)3-14-7(6)8(10)11/h3,8H,1H2. The Labute approximate surface area is 102 Å². The van der Waals surface area contributed by atoms with Gasteiger partial charge in [-0.1, -0.05) is 0 Å². The lowest BCUT2D eigenvalue weighted by atomic mass is 10.2. The third kappa shape index (κ3) is 2.39. The first-order valence-electron chi connectivity index (χ1n) is 3.55. The van der Waals surface area contributed by atoms with E-state index in [1.165, 1.54) is 6.20 Å². The molecule has 0 amide bonds. The molecular weight excluding hydrogens is 369 g/mol.